The van der Waals surface area contributed by atoms with Crippen molar-refractivity contribution in [1.29, 1.82) is 0 Å². The fourth-order valence-corrected chi connectivity index (χ4v) is 4.65. The van der Waals surface area contributed by atoms with Gasteiger partial charge in [0.15, 0.2) is 0 Å². The molecule has 4 nitrogen and oxygen atoms in total. The summed E-state index contributed by atoms with van der Waals surface area (Å²) < 4.78 is 0.607. The lowest BCUT2D eigenvalue weighted by molar-refractivity contribution is -0.122. The Bertz CT molecular complexity index is 1010. The van der Waals surface area contributed by atoms with Crippen LogP contribution in [0.15, 0.2) is 47.4 Å². The highest BCUT2D eigenvalue weighted by molar-refractivity contribution is 8.26. The highest BCUT2D eigenvalue weighted by Gasteiger charge is 2.31. The number of thioether (sulfide) groups is 1. The van der Waals surface area contributed by atoms with Crippen molar-refractivity contribution in [1.82, 2.24) is 4.90 Å². The monoisotopic (exact) mass is 452 g/mol. The number of anilines is 1. The molecule has 0 bridgehead atoms. The molecule has 6 heteroatoms. The molecule has 2 aromatic rings. The zero-order valence-corrected chi connectivity index (χ0v) is 19.9. The number of carbonyl (C=O) groups excluding carboxylic acids is 2. The molecule has 0 aromatic heterocycles. The predicted octanol–water partition coefficient (Wildman–Crippen LogP) is 6.01. The van der Waals surface area contributed by atoms with E-state index in [-0.39, 0.29) is 11.8 Å². The summed E-state index contributed by atoms with van der Waals surface area (Å²) in [7, 11) is 0. The second kappa shape index (κ2) is 10.7. The maximum Gasteiger partial charge on any atom is 0.266 e. The molecule has 0 radical (unpaired) electrons. The topological polar surface area (TPSA) is 49.4 Å². The quantitative estimate of drug-likeness (QED) is 0.303. The Morgan fingerprint density at radius 1 is 1.06 bits per heavy atom. The summed E-state index contributed by atoms with van der Waals surface area (Å²) in [6.07, 6.45) is 4.84. The number of unbranched alkanes of at least 4 members (excludes halogenated alkanes) is 2. The van der Waals surface area contributed by atoms with Crippen LogP contribution in [0.2, 0.25) is 0 Å². The number of amides is 2. The van der Waals surface area contributed by atoms with Crippen LogP contribution in [-0.4, -0.2) is 27.6 Å². The van der Waals surface area contributed by atoms with E-state index in [1.165, 1.54) is 17.3 Å². The highest BCUT2D eigenvalue weighted by atomic mass is 32.2. The molecule has 162 valence electrons. The highest BCUT2D eigenvalue weighted by Crippen LogP contribution is 2.32. The average Bonchev–Trinajstić information content (AvgIpc) is 3.00. The largest absolute Gasteiger partial charge is 0.326 e. The van der Waals surface area contributed by atoms with Gasteiger partial charge in [-0.2, -0.15) is 0 Å². The Morgan fingerprint density at radius 2 is 1.81 bits per heavy atom. The normalized spacial score (nSPS) is 15.1. The molecule has 0 aliphatic carbocycles. The van der Waals surface area contributed by atoms with E-state index < -0.39 is 0 Å². The standard InChI is InChI=1S/C25H28N2O2S2/c1-17-11-13-20(14-12-17)16-22-24(29)27(25(30)31-22)15-6-4-5-10-23(28)26-21-9-7-8-18(2)19(21)3/h7-9,11-14,16H,4-6,10,15H2,1-3H3,(H,26,28)/b22-16-. The van der Waals surface area contributed by atoms with Crippen molar-refractivity contribution in [2.75, 3.05) is 11.9 Å². The fraction of sp³-hybridized carbons (Fsp3) is 0.320. The Morgan fingerprint density at radius 3 is 2.55 bits per heavy atom. The van der Waals surface area contributed by atoms with E-state index in [2.05, 4.69) is 5.32 Å². The molecule has 1 saturated heterocycles. The molecule has 0 unspecified atom stereocenters. The minimum atomic E-state index is -0.0248. The number of rotatable bonds is 8. The zero-order valence-electron chi connectivity index (χ0n) is 18.2. The molecule has 3 rings (SSSR count). The van der Waals surface area contributed by atoms with Gasteiger partial charge in [0.2, 0.25) is 5.91 Å². The maximum atomic E-state index is 12.7. The predicted molar refractivity (Wildman–Crippen MR) is 134 cm³/mol. The van der Waals surface area contributed by atoms with E-state index in [9.17, 15) is 9.59 Å². The molecule has 2 aromatic carbocycles. The summed E-state index contributed by atoms with van der Waals surface area (Å²) in [4.78, 5) is 27.3. The van der Waals surface area contributed by atoms with Crippen LogP contribution in [-0.2, 0) is 9.59 Å². The van der Waals surface area contributed by atoms with E-state index in [1.54, 1.807) is 4.90 Å². The third kappa shape index (κ3) is 6.28. The number of benzene rings is 2. The lowest BCUT2D eigenvalue weighted by Crippen LogP contribution is -2.29. The molecule has 31 heavy (non-hydrogen) atoms. The zero-order chi connectivity index (χ0) is 22.4. The first-order valence-corrected chi connectivity index (χ1v) is 11.8. The Labute approximate surface area is 194 Å². The van der Waals surface area contributed by atoms with E-state index in [4.69, 9.17) is 12.2 Å². The van der Waals surface area contributed by atoms with Gasteiger partial charge in [0.1, 0.15) is 4.32 Å². The van der Waals surface area contributed by atoms with Gasteiger partial charge in [0.25, 0.3) is 5.91 Å². The van der Waals surface area contributed by atoms with Crippen LogP contribution in [0.4, 0.5) is 5.69 Å². The lowest BCUT2D eigenvalue weighted by Gasteiger charge is -2.14. The molecule has 1 N–H and O–H groups in total. The first kappa shape index (κ1) is 23.2. The molecule has 0 saturated carbocycles. The molecule has 1 aliphatic heterocycles. The summed E-state index contributed by atoms with van der Waals surface area (Å²) in [5, 5.41) is 2.99. The minimum absolute atomic E-state index is 0.0248. The van der Waals surface area contributed by atoms with Crippen molar-refractivity contribution in [3.63, 3.8) is 0 Å². The average molecular weight is 453 g/mol. The molecule has 0 atom stereocenters. The van der Waals surface area contributed by atoms with Gasteiger partial charge in [-0.3, -0.25) is 14.5 Å². The Hall–Kier alpha value is -2.44. The molecule has 2 amide bonds. The number of hydrogen-bond donors (Lipinski definition) is 1. The number of nitrogens with one attached hydrogen (secondary N) is 1. The molecule has 1 fully saturated rings. The van der Waals surface area contributed by atoms with Crippen molar-refractivity contribution < 1.29 is 9.59 Å². The minimum Gasteiger partial charge on any atom is -0.326 e. The smallest absolute Gasteiger partial charge is 0.266 e. The van der Waals surface area contributed by atoms with Crippen LogP contribution < -0.4 is 5.32 Å². The molecular formula is C25H28N2O2S2. The molecule has 1 heterocycles. The van der Waals surface area contributed by atoms with Crippen LogP contribution in [0.1, 0.15) is 47.9 Å². The molecule has 1 aliphatic rings. The summed E-state index contributed by atoms with van der Waals surface area (Å²) in [5.41, 5.74) is 5.33. The molecular weight excluding hydrogens is 424 g/mol. The number of aryl methyl sites for hydroxylation is 2. The third-order valence-electron chi connectivity index (χ3n) is 5.41. The third-order valence-corrected chi connectivity index (χ3v) is 6.79. The van der Waals surface area contributed by atoms with E-state index in [1.807, 2.05) is 69.3 Å². The van der Waals surface area contributed by atoms with Gasteiger partial charge in [0, 0.05) is 18.7 Å². The molecule has 0 spiro atoms. The first-order valence-electron chi connectivity index (χ1n) is 10.5. The van der Waals surface area contributed by atoms with Crippen molar-refractivity contribution >= 4 is 51.9 Å². The SMILES string of the molecule is Cc1ccc(/C=C2\SC(=S)N(CCCCCC(=O)Nc3cccc(C)c3C)C2=O)cc1. The van der Waals surface area contributed by atoms with Gasteiger partial charge in [-0.05, 0) is 62.4 Å². The van der Waals surface area contributed by atoms with Gasteiger partial charge in [0.05, 0.1) is 4.91 Å². The number of thiocarbonyl (C=S) groups is 1. The van der Waals surface area contributed by atoms with Crippen LogP contribution in [0, 0.1) is 20.8 Å². The second-order valence-electron chi connectivity index (χ2n) is 7.85. The van der Waals surface area contributed by atoms with Crippen LogP contribution in [0.3, 0.4) is 0 Å². The first-order chi connectivity index (χ1) is 14.8. The van der Waals surface area contributed by atoms with Gasteiger partial charge >= 0.3 is 0 Å². The van der Waals surface area contributed by atoms with Crippen molar-refractivity contribution in [3.8, 4) is 0 Å². The van der Waals surface area contributed by atoms with Crippen LogP contribution in [0.5, 0.6) is 0 Å². The Kier molecular flexibility index (Phi) is 8.04. The Balaban J connectivity index is 1.42. The fourth-order valence-electron chi connectivity index (χ4n) is 3.34. The van der Waals surface area contributed by atoms with Gasteiger partial charge in [-0.1, -0.05) is 72.4 Å². The maximum absolute atomic E-state index is 12.7. The van der Waals surface area contributed by atoms with Crippen molar-refractivity contribution in [2.45, 2.75) is 46.5 Å². The van der Waals surface area contributed by atoms with E-state index in [0.717, 1.165) is 41.6 Å². The summed E-state index contributed by atoms with van der Waals surface area (Å²) in [6.45, 7) is 6.68. The van der Waals surface area contributed by atoms with Gasteiger partial charge in [-0.25, -0.2) is 0 Å². The summed E-state index contributed by atoms with van der Waals surface area (Å²) in [6, 6.07) is 14.0. The summed E-state index contributed by atoms with van der Waals surface area (Å²) >= 11 is 6.77. The van der Waals surface area contributed by atoms with Crippen molar-refractivity contribution in [2.24, 2.45) is 0 Å². The second-order valence-corrected chi connectivity index (χ2v) is 9.53. The van der Waals surface area contributed by atoms with E-state index >= 15 is 0 Å². The van der Waals surface area contributed by atoms with Crippen LogP contribution >= 0.6 is 24.0 Å². The van der Waals surface area contributed by atoms with Gasteiger partial charge < -0.3 is 5.32 Å². The van der Waals surface area contributed by atoms with Crippen LogP contribution in [0.25, 0.3) is 6.08 Å². The van der Waals surface area contributed by atoms with Gasteiger partial charge in [-0.15, -0.1) is 0 Å². The summed E-state index contributed by atoms with van der Waals surface area (Å²) in [5.74, 6) is 0.00332. The van der Waals surface area contributed by atoms with E-state index in [0.29, 0.717) is 22.2 Å². The lowest BCUT2D eigenvalue weighted by atomic mass is 10.1. The van der Waals surface area contributed by atoms with Crippen molar-refractivity contribution in [3.05, 3.63) is 69.6 Å². The number of hydrogen-bond acceptors (Lipinski definition) is 4. The number of carbonyl (C=O) groups is 2. The number of nitrogens with zero attached hydrogens (tertiary/aromatic N) is 1.